The Hall–Kier alpha value is -2.29. The monoisotopic (exact) mass is 423 g/mol. The normalized spacial score (nSPS) is 18.3. The predicted molar refractivity (Wildman–Crippen MR) is 118 cm³/mol. The highest BCUT2D eigenvalue weighted by molar-refractivity contribution is 7.91. The Bertz CT molecular complexity index is 768. The van der Waals surface area contributed by atoms with Crippen molar-refractivity contribution in [3.8, 4) is 0 Å². The van der Waals surface area contributed by atoms with Gasteiger partial charge in [-0.3, -0.25) is 9.79 Å². The Labute approximate surface area is 174 Å². The number of rotatable bonds is 10. The first kappa shape index (κ1) is 23.0. The van der Waals surface area contributed by atoms with E-state index in [2.05, 4.69) is 44.9 Å². The van der Waals surface area contributed by atoms with Crippen LogP contribution in [0.15, 0.2) is 35.3 Å². The molecular formula is C20H33N5O3S. The summed E-state index contributed by atoms with van der Waals surface area (Å²) >= 11 is 0. The number of para-hydroxylation sites is 1. The van der Waals surface area contributed by atoms with Crippen molar-refractivity contribution in [2.45, 2.75) is 32.2 Å². The van der Waals surface area contributed by atoms with E-state index < -0.39 is 9.84 Å². The molecule has 1 unspecified atom stereocenters. The Kier molecular flexibility index (Phi) is 9.24. The molecule has 1 fully saturated rings. The molecule has 0 spiro atoms. The summed E-state index contributed by atoms with van der Waals surface area (Å²) < 4.78 is 22.9. The van der Waals surface area contributed by atoms with Gasteiger partial charge in [0, 0.05) is 51.4 Å². The number of carbonyl (C=O) groups is 1. The summed E-state index contributed by atoms with van der Waals surface area (Å²) in [4.78, 5) is 18.5. The first-order valence-corrected chi connectivity index (χ1v) is 12.0. The van der Waals surface area contributed by atoms with Crippen molar-refractivity contribution >= 4 is 27.4 Å². The molecule has 8 nitrogen and oxygen atoms in total. The predicted octanol–water partition coefficient (Wildman–Crippen LogP) is 0.761. The van der Waals surface area contributed by atoms with Crippen molar-refractivity contribution in [2.24, 2.45) is 4.99 Å². The van der Waals surface area contributed by atoms with Crippen LogP contribution >= 0.6 is 0 Å². The third-order valence-corrected chi connectivity index (χ3v) is 6.63. The average molecular weight is 424 g/mol. The fourth-order valence-electron chi connectivity index (χ4n) is 3.31. The number of nitrogens with zero attached hydrogens (tertiary/aromatic N) is 2. The summed E-state index contributed by atoms with van der Waals surface area (Å²) in [6.45, 7) is 5.25. The Morgan fingerprint density at radius 1 is 1.21 bits per heavy atom. The van der Waals surface area contributed by atoms with Crippen LogP contribution in [0.3, 0.4) is 0 Å². The van der Waals surface area contributed by atoms with Crippen molar-refractivity contribution in [3.63, 3.8) is 0 Å². The van der Waals surface area contributed by atoms with Gasteiger partial charge >= 0.3 is 0 Å². The largest absolute Gasteiger partial charge is 0.372 e. The van der Waals surface area contributed by atoms with E-state index in [1.807, 2.05) is 18.2 Å². The summed E-state index contributed by atoms with van der Waals surface area (Å²) in [7, 11) is -1.29. The molecule has 1 aliphatic heterocycles. The van der Waals surface area contributed by atoms with E-state index >= 15 is 0 Å². The van der Waals surface area contributed by atoms with Gasteiger partial charge in [0.2, 0.25) is 5.91 Å². The Morgan fingerprint density at radius 2 is 1.93 bits per heavy atom. The van der Waals surface area contributed by atoms with Gasteiger partial charge in [0.25, 0.3) is 0 Å². The van der Waals surface area contributed by atoms with Crippen LogP contribution in [0.2, 0.25) is 0 Å². The third kappa shape index (κ3) is 8.31. The van der Waals surface area contributed by atoms with Crippen LogP contribution < -0.4 is 20.9 Å². The molecule has 0 aliphatic carbocycles. The van der Waals surface area contributed by atoms with Crippen LogP contribution in [0.5, 0.6) is 0 Å². The highest BCUT2D eigenvalue weighted by Gasteiger charge is 2.28. The number of aliphatic imine (C=N–C) groups is 1. The number of carbonyl (C=O) groups excluding carboxylic acids is 1. The molecule has 1 heterocycles. The number of amides is 1. The summed E-state index contributed by atoms with van der Waals surface area (Å²) in [6.07, 6.45) is 1.73. The fourth-order valence-corrected chi connectivity index (χ4v) is 4.98. The molecule has 0 saturated carbocycles. The topological polar surface area (TPSA) is 103 Å². The summed E-state index contributed by atoms with van der Waals surface area (Å²) in [5.74, 6) is 0.722. The quantitative estimate of drug-likeness (QED) is 0.292. The van der Waals surface area contributed by atoms with E-state index in [9.17, 15) is 13.2 Å². The zero-order valence-electron chi connectivity index (χ0n) is 17.4. The second-order valence-corrected chi connectivity index (χ2v) is 9.34. The Balaban J connectivity index is 1.61. The van der Waals surface area contributed by atoms with Crippen LogP contribution in [0.4, 0.5) is 5.69 Å². The lowest BCUT2D eigenvalue weighted by Gasteiger charge is -2.23. The molecular weight excluding hydrogens is 390 g/mol. The van der Waals surface area contributed by atoms with Gasteiger partial charge < -0.3 is 20.9 Å². The molecule has 29 heavy (non-hydrogen) atoms. The number of guanidine groups is 1. The number of sulfone groups is 1. The molecule has 162 valence electrons. The lowest BCUT2D eigenvalue weighted by Crippen LogP contribution is -2.41. The highest BCUT2D eigenvalue weighted by Crippen LogP contribution is 2.13. The lowest BCUT2D eigenvalue weighted by molar-refractivity contribution is -0.121. The van der Waals surface area contributed by atoms with E-state index in [-0.39, 0.29) is 29.9 Å². The third-order valence-electron chi connectivity index (χ3n) is 4.87. The standard InChI is InChI=1S/C20H33N5O3S/c1-3-25(18-8-5-4-6-9-18)14-7-12-22-20(21-2)23-13-10-19(26)24-17-11-15-29(27,28)16-17/h4-6,8-9,17H,3,7,10-16H2,1-2H3,(H,24,26)(H2,21,22,23). The van der Waals surface area contributed by atoms with E-state index in [4.69, 9.17) is 0 Å². The molecule has 0 radical (unpaired) electrons. The van der Waals surface area contributed by atoms with Gasteiger partial charge in [0.15, 0.2) is 15.8 Å². The number of hydrogen-bond acceptors (Lipinski definition) is 5. The van der Waals surface area contributed by atoms with Gasteiger partial charge in [0.1, 0.15) is 0 Å². The maximum atomic E-state index is 12.0. The van der Waals surface area contributed by atoms with Crippen LogP contribution in [0, 0.1) is 0 Å². The first-order chi connectivity index (χ1) is 13.9. The minimum atomic E-state index is -2.98. The second-order valence-electron chi connectivity index (χ2n) is 7.11. The highest BCUT2D eigenvalue weighted by atomic mass is 32.2. The first-order valence-electron chi connectivity index (χ1n) is 10.2. The second kappa shape index (κ2) is 11.6. The van der Waals surface area contributed by atoms with Crippen molar-refractivity contribution < 1.29 is 13.2 Å². The van der Waals surface area contributed by atoms with Crippen LogP contribution in [0.1, 0.15) is 26.2 Å². The van der Waals surface area contributed by atoms with E-state index in [1.54, 1.807) is 7.05 Å². The van der Waals surface area contributed by atoms with Crippen LogP contribution in [-0.4, -0.2) is 71.1 Å². The number of anilines is 1. The molecule has 2 rings (SSSR count). The maximum absolute atomic E-state index is 12.0. The molecule has 1 amide bonds. The van der Waals surface area contributed by atoms with Crippen molar-refractivity contribution in [1.82, 2.24) is 16.0 Å². The smallest absolute Gasteiger partial charge is 0.222 e. The molecule has 0 bridgehead atoms. The van der Waals surface area contributed by atoms with Gasteiger partial charge in [-0.2, -0.15) is 0 Å². The molecule has 1 aromatic carbocycles. The lowest BCUT2D eigenvalue weighted by atomic mass is 10.2. The van der Waals surface area contributed by atoms with Crippen molar-refractivity contribution in [1.29, 1.82) is 0 Å². The molecule has 9 heteroatoms. The van der Waals surface area contributed by atoms with Crippen molar-refractivity contribution in [3.05, 3.63) is 30.3 Å². The minimum absolute atomic E-state index is 0.0488. The van der Waals surface area contributed by atoms with E-state index in [0.717, 1.165) is 26.1 Å². The van der Waals surface area contributed by atoms with Gasteiger partial charge in [-0.25, -0.2) is 8.42 Å². The fraction of sp³-hybridized carbons (Fsp3) is 0.600. The van der Waals surface area contributed by atoms with E-state index in [0.29, 0.717) is 18.9 Å². The number of hydrogen-bond donors (Lipinski definition) is 3. The van der Waals surface area contributed by atoms with Gasteiger partial charge in [-0.05, 0) is 31.9 Å². The summed E-state index contributed by atoms with van der Waals surface area (Å²) in [5, 5.41) is 9.17. The van der Waals surface area contributed by atoms with Gasteiger partial charge in [-0.15, -0.1) is 0 Å². The molecule has 1 atom stereocenters. The maximum Gasteiger partial charge on any atom is 0.222 e. The molecule has 3 N–H and O–H groups in total. The summed E-state index contributed by atoms with van der Waals surface area (Å²) in [5.41, 5.74) is 1.22. The zero-order chi connectivity index (χ0) is 21.1. The SMILES string of the molecule is CCN(CCCNC(=NC)NCCC(=O)NC1CCS(=O)(=O)C1)c1ccccc1. The zero-order valence-corrected chi connectivity index (χ0v) is 18.2. The number of benzene rings is 1. The molecule has 0 aromatic heterocycles. The number of nitrogens with one attached hydrogen (secondary N) is 3. The average Bonchev–Trinajstić information content (AvgIpc) is 3.05. The van der Waals surface area contributed by atoms with Gasteiger partial charge in [-0.1, -0.05) is 18.2 Å². The minimum Gasteiger partial charge on any atom is -0.372 e. The summed E-state index contributed by atoms with van der Waals surface area (Å²) in [6, 6.07) is 10.1. The van der Waals surface area contributed by atoms with Crippen LogP contribution in [0.25, 0.3) is 0 Å². The molecule has 1 saturated heterocycles. The van der Waals surface area contributed by atoms with Crippen LogP contribution in [-0.2, 0) is 14.6 Å². The Morgan fingerprint density at radius 3 is 2.55 bits per heavy atom. The van der Waals surface area contributed by atoms with Crippen molar-refractivity contribution in [2.75, 3.05) is 49.6 Å². The van der Waals surface area contributed by atoms with E-state index in [1.165, 1.54) is 5.69 Å². The van der Waals surface area contributed by atoms with Gasteiger partial charge in [0.05, 0.1) is 11.5 Å². The molecule has 1 aromatic rings. The molecule has 1 aliphatic rings.